The lowest BCUT2D eigenvalue weighted by atomic mass is 10.2. The minimum absolute atomic E-state index is 0.126. The first-order valence-electron chi connectivity index (χ1n) is 6.89. The molecule has 0 radical (unpaired) electrons. The number of amides is 1. The van der Waals surface area contributed by atoms with Crippen molar-refractivity contribution in [3.8, 4) is 5.75 Å². The average Bonchev–Trinajstić information content (AvgIpc) is 2.51. The highest BCUT2D eigenvalue weighted by molar-refractivity contribution is 6.30. The molecule has 2 aromatic rings. The van der Waals surface area contributed by atoms with Crippen LogP contribution in [0.4, 0.5) is 0 Å². The molecule has 7 nitrogen and oxygen atoms in total. The summed E-state index contributed by atoms with van der Waals surface area (Å²) < 4.78 is 5.50. The van der Waals surface area contributed by atoms with E-state index in [1.54, 1.807) is 31.3 Å². The van der Waals surface area contributed by atoms with Gasteiger partial charge in [0.15, 0.2) is 0 Å². The lowest BCUT2D eigenvalue weighted by Gasteiger charge is -2.17. The summed E-state index contributed by atoms with van der Waals surface area (Å²) in [6.45, 7) is 0.626. The standard InChI is InChI=1S/C15H16ClN3O4/c1-19(5-6-23-12-4-2-3-11(16)9-12)14(21)8-10-7-13(20)17-18-15(10)22/h2-4,7,9H,5-6,8H2,1H3,(H,17,20)(H,18,22). The van der Waals surface area contributed by atoms with Crippen molar-refractivity contribution in [1.82, 2.24) is 15.1 Å². The Labute approximate surface area is 136 Å². The van der Waals surface area contributed by atoms with Gasteiger partial charge in [-0.2, -0.15) is 0 Å². The normalized spacial score (nSPS) is 10.3. The van der Waals surface area contributed by atoms with Crippen LogP contribution in [-0.4, -0.2) is 41.2 Å². The summed E-state index contributed by atoms with van der Waals surface area (Å²) >= 11 is 5.85. The Morgan fingerprint density at radius 1 is 1.26 bits per heavy atom. The first-order valence-corrected chi connectivity index (χ1v) is 7.26. The molecule has 122 valence electrons. The number of aromatic amines is 2. The molecule has 23 heavy (non-hydrogen) atoms. The average molecular weight is 338 g/mol. The Bertz CT molecular complexity index is 800. The van der Waals surface area contributed by atoms with Crippen LogP contribution in [0.1, 0.15) is 5.56 Å². The van der Waals surface area contributed by atoms with E-state index in [4.69, 9.17) is 16.3 Å². The molecule has 8 heteroatoms. The fraction of sp³-hybridized carbons (Fsp3) is 0.267. The molecule has 0 unspecified atom stereocenters. The van der Waals surface area contributed by atoms with E-state index in [2.05, 4.69) is 10.2 Å². The second-order valence-corrected chi connectivity index (χ2v) is 5.35. The molecule has 0 saturated heterocycles. The molecular weight excluding hydrogens is 322 g/mol. The number of ether oxygens (including phenoxy) is 1. The molecule has 0 aliphatic carbocycles. The summed E-state index contributed by atoms with van der Waals surface area (Å²) in [7, 11) is 1.60. The zero-order valence-electron chi connectivity index (χ0n) is 12.5. The van der Waals surface area contributed by atoms with Gasteiger partial charge in [-0.3, -0.25) is 24.6 Å². The third-order valence-electron chi connectivity index (χ3n) is 3.16. The Hall–Kier alpha value is -2.54. The number of nitrogens with zero attached hydrogens (tertiary/aromatic N) is 1. The highest BCUT2D eigenvalue weighted by Crippen LogP contribution is 2.16. The van der Waals surface area contributed by atoms with Gasteiger partial charge in [-0.1, -0.05) is 17.7 Å². The lowest BCUT2D eigenvalue weighted by molar-refractivity contribution is -0.129. The molecule has 2 rings (SSSR count). The molecule has 1 aromatic heterocycles. The summed E-state index contributed by atoms with van der Waals surface area (Å²) in [5.41, 5.74) is -0.817. The molecular formula is C15H16ClN3O4. The summed E-state index contributed by atoms with van der Waals surface area (Å²) in [6, 6.07) is 8.07. The number of halogens is 1. The maximum absolute atomic E-state index is 12.1. The molecule has 0 atom stereocenters. The van der Waals surface area contributed by atoms with Crippen LogP contribution in [0.5, 0.6) is 5.75 Å². The molecule has 0 fully saturated rings. The van der Waals surface area contributed by atoms with Crippen LogP contribution in [0.25, 0.3) is 0 Å². The molecule has 0 saturated carbocycles. The van der Waals surface area contributed by atoms with Crippen LogP contribution in [0, 0.1) is 0 Å². The number of rotatable bonds is 6. The predicted octanol–water partition coefficient (Wildman–Crippen LogP) is 0.796. The van der Waals surface area contributed by atoms with E-state index in [-0.39, 0.29) is 24.5 Å². The number of carbonyl (C=O) groups excluding carboxylic acids is 1. The summed E-state index contributed by atoms with van der Waals surface area (Å²) in [4.78, 5) is 36.2. The quantitative estimate of drug-likeness (QED) is 0.815. The van der Waals surface area contributed by atoms with Crippen molar-refractivity contribution in [1.29, 1.82) is 0 Å². The van der Waals surface area contributed by atoms with Crippen molar-refractivity contribution >= 4 is 17.5 Å². The van der Waals surface area contributed by atoms with Crippen LogP contribution in [0.3, 0.4) is 0 Å². The minimum Gasteiger partial charge on any atom is -0.492 e. The fourth-order valence-electron chi connectivity index (χ4n) is 1.87. The number of hydrogen-bond donors (Lipinski definition) is 2. The van der Waals surface area contributed by atoms with Crippen LogP contribution in [-0.2, 0) is 11.2 Å². The Morgan fingerprint density at radius 2 is 2.04 bits per heavy atom. The van der Waals surface area contributed by atoms with Crippen LogP contribution in [0.2, 0.25) is 5.02 Å². The van der Waals surface area contributed by atoms with Gasteiger partial charge < -0.3 is 9.64 Å². The van der Waals surface area contributed by atoms with Crippen molar-refractivity contribution in [3.63, 3.8) is 0 Å². The zero-order valence-corrected chi connectivity index (χ0v) is 13.2. The number of nitrogens with one attached hydrogen (secondary N) is 2. The van der Waals surface area contributed by atoms with E-state index in [0.29, 0.717) is 17.3 Å². The molecule has 0 spiro atoms. The molecule has 2 N–H and O–H groups in total. The second-order valence-electron chi connectivity index (χ2n) is 4.91. The maximum Gasteiger partial charge on any atom is 0.266 e. The van der Waals surface area contributed by atoms with Gasteiger partial charge in [-0.05, 0) is 18.2 Å². The summed E-state index contributed by atoms with van der Waals surface area (Å²) in [6.07, 6.45) is -0.146. The van der Waals surface area contributed by atoms with Gasteiger partial charge in [0, 0.05) is 23.7 Å². The monoisotopic (exact) mass is 337 g/mol. The van der Waals surface area contributed by atoms with Gasteiger partial charge in [-0.25, -0.2) is 0 Å². The number of carbonyl (C=O) groups is 1. The van der Waals surface area contributed by atoms with Crippen molar-refractivity contribution in [2.45, 2.75) is 6.42 Å². The van der Waals surface area contributed by atoms with E-state index in [1.165, 1.54) is 4.90 Å². The molecule has 1 aromatic carbocycles. The number of likely N-dealkylation sites (N-methyl/N-ethyl adjacent to an activating group) is 1. The largest absolute Gasteiger partial charge is 0.492 e. The molecule has 0 aliphatic heterocycles. The minimum atomic E-state index is -0.485. The number of benzene rings is 1. The van der Waals surface area contributed by atoms with Gasteiger partial charge in [0.25, 0.3) is 11.1 Å². The summed E-state index contributed by atoms with van der Waals surface area (Å²) in [5.74, 6) is 0.334. The lowest BCUT2D eigenvalue weighted by Crippen LogP contribution is -2.34. The molecule has 0 aliphatic rings. The van der Waals surface area contributed by atoms with E-state index in [1.807, 2.05) is 0 Å². The third-order valence-corrected chi connectivity index (χ3v) is 3.39. The van der Waals surface area contributed by atoms with Crippen LogP contribution in [0.15, 0.2) is 39.9 Å². The van der Waals surface area contributed by atoms with Crippen LogP contribution >= 0.6 is 11.6 Å². The van der Waals surface area contributed by atoms with Gasteiger partial charge in [0.1, 0.15) is 12.4 Å². The first kappa shape index (κ1) is 16.8. The number of H-pyrrole nitrogens is 2. The van der Waals surface area contributed by atoms with Crippen molar-refractivity contribution < 1.29 is 9.53 Å². The topological polar surface area (TPSA) is 95.3 Å². The van der Waals surface area contributed by atoms with Crippen molar-refractivity contribution in [2.75, 3.05) is 20.2 Å². The first-order chi connectivity index (χ1) is 11.0. The predicted molar refractivity (Wildman–Crippen MR) is 86.0 cm³/mol. The second kappa shape index (κ2) is 7.64. The molecule has 0 bridgehead atoms. The van der Waals surface area contributed by atoms with E-state index in [0.717, 1.165) is 6.07 Å². The smallest absolute Gasteiger partial charge is 0.266 e. The van der Waals surface area contributed by atoms with Crippen molar-refractivity contribution in [3.05, 3.63) is 61.6 Å². The Morgan fingerprint density at radius 3 is 2.78 bits per heavy atom. The van der Waals surface area contributed by atoms with E-state index < -0.39 is 11.1 Å². The van der Waals surface area contributed by atoms with E-state index in [9.17, 15) is 14.4 Å². The van der Waals surface area contributed by atoms with Gasteiger partial charge >= 0.3 is 0 Å². The third kappa shape index (κ3) is 5.00. The van der Waals surface area contributed by atoms with Crippen LogP contribution < -0.4 is 15.9 Å². The zero-order chi connectivity index (χ0) is 16.8. The number of hydrogen-bond acceptors (Lipinski definition) is 4. The van der Waals surface area contributed by atoms with Gasteiger partial charge in [0.05, 0.1) is 13.0 Å². The Balaban J connectivity index is 1.86. The Kier molecular flexibility index (Phi) is 5.59. The van der Waals surface area contributed by atoms with Crippen molar-refractivity contribution in [2.24, 2.45) is 0 Å². The molecule has 1 heterocycles. The van der Waals surface area contributed by atoms with Gasteiger partial charge in [0.2, 0.25) is 5.91 Å². The SMILES string of the molecule is CN(CCOc1cccc(Cl)c1)C(=O)Cc1cc(=O)[nH][nH]c1=O. The maximum atomic E-state index is 12.1. The molecule has 1 amide bonds. The van der Waals surface area contributed by atoms with E-state index >= 15 is 0 Å². The highest BCUT2D eigenvalue weighted by atomic mass is 35.5. The summed E-state index contributed by atoms with van der Waals surface area (Å²) in [5, 5.41) is 4.90. The number of aromatic nitrogens is 2. The highest BCUT2D eigenvalue weighted by Gasteiger charge is 2.12. The fourth-order valence-corrected chi connectivity index (χ4v) is 2.05. The van der Waals surface area contributed by atoms with Gasteiger partial charge in [-0.15, -0.1) is 0 Å².